The molecule has 226 valence electrons. The standard InChI is InChI=1S/C24H30N8O8S2/c1-23(2,21(38)39)40-29-12(15-28-22(26)42-30-15)16(33)27-13-17(34)31-14(19(35)36)11(10-41-18(13)31)9-32-6-3-24(4-7-32,5-8-32)20(25)37/h13,18H,3-10H2,1-2H3,(H6-,25,26,27,28,30,33,35,36,37,38,39)/p+1/b29-12-/t13-,18+,24?,32?/m1/s1. The van der Waals surface area contributed by atoms with Gasteiger partial charge < -0.3 is 36.3 Å². The van der Waals surface area contributed by atoms with E-state index in [0.717, 1.165) is 11.5 Å². The molecule has 4 saturated heterocycles. The number of primary amides is 1. The third-order valence-corrected chi connectivity index (χ3v) is 10.4. The van der Waals surface area contributed by atoms with Crippen LogP contribution in [0.1, 0.15) is 38.9 Å². The van der Waals surface area contributed by atoms with E-state index >= 15 is 0 Å². The van der Waals surface area contributed by atoms with E-state index in [1.165, 1.54) is 30.5 Å². The van der Waals surface area contributed by atoms with Crippen LogP contribution in [0.2, 0.25) is 0 Å². The summed E-state index contributed by atoms with van der Waals surface area (Å²) in [4.78, 5) is 72.6. The van der Waals surface area contributed by atoms with Crippen LogP contribution in [-0.2, 0) is 28.8 Å². The van der Waals surface area contributed by atoms with Gasteiger partial charge in [0.15, 0.2) is 5.13 Å². The number of hydrogen-bond donors (Lipinski definition) is 5. The van der Waals surface area contributed by atoms with E-state index in [1.807, 2.05) is 0 Å². The van der Waals surface area contributed by atoms with Crippen LogP contribution in [0.15, 0.2) is 16.4 Å². The Hall–Kier alpha value is -3.77. The molecule has 1 aromatic heterocycles. The molecule has 18 heteroatoms. The molecule has 5 aliphatic rings. The number of oxime groups is 1. The SMILES string of the molecule is CC(C)(O/N=C(\C(=O)N[C@@H]1C(=O)N2C(C(=O)O)=C(C[N+]34CCC(C(N)=O)(CC3)CC4)CS[C@@H]12)c1nsc(N)n1)C(=O)O. The van der Waals surface area contributed by atoms with E-state index in [9.17, 15) is 34.2 Å². The lowest BCUT2D eigenvalue weighted by Gasteiger charge is -2.55. The largest absolute Gasteiger partial charge is 0.478 e. The predicted octanol–water partition coefficient (Wildman–Crippen LogP) is -1.07. The molecule has 6 heterocycles. The highest BCUT2D eigenvalue weighted by molar-refractivity contribution is 8.00. The third kappa shape index (κ3) is 5.06. The lowest BCUT2D eigenvalue weighted by molar-refractivity contribution is -0.940. The van der Waals surface area contributed by atoms with Crippen LogP contribution in [-0.4, -0.2) is 113 Å². The van der Waals surface area contributed by atoms with Gasteiger partial charge in [-0.25, -0.2) is 9.59 Å². The molecule has 2 atom stereocenters. The quantitative estimate of drug-likeness (QED) is 0.0906. The van der Waals surface area contributed by atoms with E-state index in [1.54, 1.807) is 0 Å². The number of anilines is 1. The average Bonchev–Trinajstić information content (AvgIpc) is 3.37. The highest BCUT2D eigenvalue weighted by atomic mass is 32.2. The highest BCUT2D eigenvalue weighted by Gasteiger charge is 2.57. The molecule has 16 nitrogen and oxygen atoms in total. The van der Waals surface area contributed by atoms with Crippen molar-refractivity contribution in [3.63, 3.8) is 0 Å². The van der Waals surface area contributed by atoms with Gasteiger partial charge in [0.25, 0.3) is 11.8 Å². The first kappa shape index (κ1) is 29.7. The van der Waals surface area contributed by atoms with Crippen molar-refractivity contribution < 1.29 is 43.5 Å². The first-order valence-corrected chi connectivity index (χ1v) is 15.0. The minimum Gasteiger partial charge on any atom is -0.478 e. The molecular weight excluding hydrogens is 592 g/mol. The van der Waals surface area contributed by atoms with E-state index in [4.69, 9.17) is 16.3 Å². The molecule has 4 fully saturated rings. The van der Waals surface area contributed by atoms with E-state index < -0.39 is 51.9 Å². The van der Waals surface area contributed by atoms with Gasteiger partial charge in [-0.05, 0) is 13.8 Å². The normalized spacial score (nSPS) is 29.0. The Bertz CT molecular complexity index is 1410. The fraction of sp³-hybridized carbons (Fsp3) is 0.583. The zero-order valence-corrected chi connectivity index (χ0v) is 24.5. The average molecular weight is 624 g/mol. The number of carboxylic acids is 2. The molecule has 7 N–H and O–H groups in total. The summed E-state index contributed by atoms with van der Waals surface area (Å²) in [6, 6.07) is -1.08. The number of hydrogen-bond acceptors (Lipinski definition) is 12. The molecule has 0 aromatic carbocycles. The van der Waals surface area contributed by atoms with Gasteiger partial charge >= 0.3 is 11.9 Å². The summed E-state index contributed by atoms with van der Waals surface area (Å²) in [5.74, 6) is -4.27. The Morgan fingerprint density at radius 2 is 1.86 bits per heavy atom. The molecule has 2 bridgehead atoms. The van der Waals surface area contributed by atoms with Gasteiger partial charge in [0.1, 0.15) is 23.7 Å². The van der Waals surface area contributed by atoms with Crippen LogP contribution in [0.5, 0.6) is 0 Å². The second kappa shape index (κ2) is 10.5. The molecule has 0 spiro atoms. The number of aliphatic carboxylic acids is 2. The number of aromatic nitrogens is 2. The second-order valence-electron chi connectivity index (χ2n) is 11.5. The number of thioether (sulfide) groups is 1. The molecule has 0 unspecified atom stereocenters. The maximum atomic E-state index is 13.3. The summed E-state index contributed by atoms with van der Waals surface area (Å²) in [6.45, 7) is 5.02. The van der Waals surface area contributed by atoms with E-state index in [2.05, 4.69) is 19.8 Å². The highest BCUT2D eigenvalue weighted by Crippen LogP contribution is 2.46. The fourth-order valence-electron chi connectivity index (χ4n) is 5.80. The first-order chi connectivity index (χ1) is 19.7. The molecule has 3 amide bonds. The Kier molecular flexibility index (Phi) is 7.43. The smallest absolute Gasteiger partial charge is 0.352 e. The minimum atomic E-state index is -1.79. The number of nitrogens with one attached hydrogen (secondary N) is 1. The molecule has 0 aliphatic carbocycles. The van der Waals surface area contributed by atoms with Crippen molar-refractivity contribution in [1.82, 2.24) is 19.6 Å². The van der Waals surface area contributed by atoms with Crippen molar-refractivity contribution in [1.29, 1.82) is 0 Å². The summed E-state index contributed by atoms with van der Waals surface area (Å²) in [5, 5.41) is 25.0. The summed E-state index contributed by atoms with van der Waals surface area (Å²) in [6.07, 6.45) is 1.96. The lowest BCUT2D eigenvalue weighted by Crippen LogP contribution is -2.71. The minimum absolute atomic E-state index is 0.0228. The van der Waals surface area contributed by atoms with Gasteiger partial charge in [-0.3, -0.25) is 19.3 Å². The monoisotopic (exact) mass is 623 g/mol. The Morgan fingerprint density at radius 3 is 2.38 bits per heavy atom. The maximum absolute atomic E-state index is 13.3. The van der Waals surface area contributed by atoms with Crippen molar-refractivity contribution in [2.75, 3.05) is 37.7 Å². The maximum Gasteiger partial charge on any atom is 0.352 e. The van der Waals surface area contributed by atoms with Gasteiger partial charge in [0.05, 0.1) is 25.0 Å². The Morgan fingerprint density at radius 1 is 1.21 bits per heavy atom. The zero-order chi connectivity index (χ0) is 30.6. The van der Waals surface area contributed by atoms with E-state index in [-0.39, 0.29) is 22.6 Å². The number of nitrogens with zero attached hydrogens (tertiary/aromatic N) is 5. The van der Waals surface area contributed by atoms with Crippen LogP contribution in [0.3, 0.4) is 0 Å². The number of fused-ring (bicyclic) bond motifs is 4. The number of nitrogen functional groups attached to an aromatic ring is 1. The van der Waals surface area contributed by atoms with Gasteiger partial charge in [0, 0.05) is 42.1 Å². The van der Waals surface area contributed by atoms with Crippen LogP contribution in [0.25, 0.3) is 0 Å². The summed E-state index contributed by atoms with van der Waals surface area (Å²) in [5.41, 5.74) is 9.09. The van der Waals surface area contributed by atoms with Crippen molar-refractivity contribution in [2.45, 2.75) is 50.1 Å². The topological polar surface area (TPSA) is 240 Å². The molecule has 0 saturated carbocycles. The number of amides is 3. The number of rotatable bonds is 10. The van der Waals surface area contributed by atoms with Gasteiger partial charge in [-0.15, -0.1) is 11.8 Å². The number of carbonyl (C=O) groups is 5. The second-order valence-corrected chi connectivity index (χ2v) is 13.4. The van der Waals surface area contributed by atoms with Crippen molar-refractivity contribution in [2.24, 2.45) is 16.3 Å². The Labute approximate surface area is 247 Å². The summed E-state index contributed by atoms with van der Waals surface area (Å²) < 4.78 is 4.58. The fourth-order valence-corrected chi connectivity index (χ4v) is 7.57. The number of carbonyl (C=O) groups excluding carboxylic acids is 3. The molecule has 6 rings (SSSR count). The summed E-state index contributed by atoms with van der Waals surface area (Å²) >= 11 is 2.11. The van der Waals surface area contributed by atoms with Crippen LogP contribution in [0, 0.1) is 5.41 Å². The Balaban J connectivity index is 1.33. The van der Waals surface area contributed by atoms with Gasteiger partial charge in [-0.2, -0.15) is 9.36 Å². The van der Waals surface area contributed by atoms with Crippen molar-refractivity contribution in [3.8, 4) is 0 Å². The lowest BCUT2D eigenvalue weighted by atomic mass is 9.70. The predicted molar refractivity (Wildman–Crippen MR) is 149 cm³/mol. The number of piperidine rings is 3. The summed E-state index contributed by atoms with van der Waals surface area (Å²) in [7, 11) is 0. The molecule has 1 aromatic rings. The van der Waals surface area contributed by atoms with Crippen molar-refractivity contribution >= 4 is 63.8 Å². The number of carboxylic acid groups (broad SMARTS) is 2. The van der Waals surface area contributed by atoms with Gasteiger partial charge in [-0.1, -0.05) is 5.16 Å². The molecular formula is C24H31N8O8S2+. The van der Waals surface area contributed by atoms with Crippen LogP contribution >= 0.6 is 23.3 Å². The van der Waals surface area contributed by atoms with Gasteiger partial charge in [0.2, 0.25) is 23.0 Å². The molecule has 5 aliphatic heterocycles. The molecule has 0 radical (unpaired) electrons. The van der Waals surface area contributed by atoms with Crippen molar-refractivity contribution in [3.05, 3.63) is 17.1 Å². The van der Waals surface area contributed by atoms with Crippen LogP contribution < -0.4 is 16.8 Å². The van der Waals surface area contributed by atoms with E-state index in [0.29, 0.717) is 61.3 Å². The number of nitrogens with two attached hydrogens (primary N) is 2. The molecule has 42 heavy (non-hydrogen) atoms. The third-order valence-electron chi connectivity index (χ3n) is 8.53. The first-order valence-electron chi connectivity index (χ1n) is 13.1. The zero-order valence-electron chi connectivity index (χ0n) is 22.9. The number of β-lactam (4-membered cyclic amide) rings is 1. The number of quaternary nitrogens is 1. The van der Waals surface area contributed by atoms with Crippen LogP contribution in [0.4, 0.5) is 5.13 Å².